The van der Waals surface area contributed by atoms with Crippen LogP contribution in [-0.4, -0.2) is 39.6 Å². The average Bonchev–Trinajstić information content (AvgIpc) is 2.69. The molecule has 1 fully saturated rings. The first kappa shape index (κ1) is 11.5. The van der Waals surface area contributed by atoms with Crippen molar-refractivity contribution in [2.45, 2.75) is 31.8 Å². The van der Waals surface area contributed by atoms with E-state index in [4.69, 9.17) is 0 Å². The van der Waals surface area contributed by atoms with Gasteiger partial charge < -0.3 is 10.0 Å². The van der Waals surface area contributed by atoms with E-state index in [-0.39, 0.29) is 5.91 Å². The van der Waals surface area contributed by atoms with Gasteiger partial charge in [0.1, 0.15) is 5.69 Å². The second kappa shape index (κ2) is 4.51. The topological polar surface area (TPSA) is 53.4 Å². The number of carbonyl (C=O) groups excluding carboxylic acids is 1. The maximum absolute atomic E-state index is 12.0. The summed E-state index contributed by atoms with van der Waals surface area (Å²) >= 11 is 1.43. The van der Waals surface area contributed by atoms with Gasteiger partial charge in [-0.3, -0.25) is 4.79 Å². The van der Waals surface area contributed by atoms with Crippen molar-refractivity contribution in [2.24, 2.45) is 0 Å². The molecule has 1 unspecified atom stereocenters. The fourth-order valence-electron chi connectivity index (χ4n) is 1.95. The number of aromatic nitrogens is 1. The Morgan fingerprint density at radius 1 is 1.56 bits per heavy atom. The SMILES string of the molecule is CC1(O)CCCN(C(=O)c2cscn2)CC1. The molecule has 4 nitrogen and oxygen atoms in total. The lowest BCUT2D eigenvalue weighted by Gasteiger charge is -2.21. The van der Waals surface area contributed by atoms with Gasteiger partial charge in [0.15, 0.2) is 0 Å². The third-order valence-electron chi connectivity index (χ3n) is 3.00. The van der Waals surface area contributed by atoms with Gasteiger partial charge in [-0.05, 0) is 26.2 Å². The molecule has 1 N–H and O–H groups in total. The standard InChI is InChI=1S/C11H16N2O2S/c1-11(15)3-2-5-13(6-4-11)10(14)9-7-16-8-12-9/h7-8,15H,2-6H2,1H3. The zero-order chi connectivity index (χ0) is 11.6. The van der Waals surface area contributed by atoms with Gasteiger partial charge in [-0.25, -0.2) is 4.98 Å². The average molecular weight is 240 g/mol. The van der Waals surface area contributed by atoms with E-state index in [2.05, 4.69) is 4.98 Å². The summed E-state index contributed by atoms with van der Waals surface area (Å²) in [5.41, 5.74) is 1.56. The van der Waals surface area contributed by atoms with Crippen LogP contribution in [0.4, 0.5) is 0 Å². The van der Waals surface area contributed by atoms with E-state index in [1.165, 1.54) is 11.3 Å². The third kappa shape index (κ3) is 2.59. The van der Waals surface area contributed by atoms with Gasteiger partial charge in [-0.2, -0.15) is 0 Å². The van der Waals surface area contributed by atoms with Crippen molar-refractivity contribution in [1.29, 1.82) is 0 Å². The number of nitrogens with zero attached hydrogens (tertiary/aromatic N) is 2. The van der Waals surface area contributed by atoms with E-state index in [1.807, 2.05) is 6.92 Å². The molecular formula is C11H16N2O2S. The van der Waals surface area contributed by atoms with Crippen molar-refractivity contribution < 1.29 is 9.90 Å². The molecule has 1 amide bonds. The fourth-order valence-corrected chi connectivity index (χ4v) is 2.47. The number of thiazole rings is 1. The van der Waals surface area contributed by atoms with Crippen LogP contribution in [0.25, 0.3) is 0 Å². The molecule has 1 atom stereocenters. The summed E-state index contributed by atoms with van der Waals surface area (Å²) in [5.74, 6) is -0.0149. The van der Waals surface area contributed by atoms with Crippen molar-refractivity contribution in [3.05, 3.63) is 16.6 Å². The lowest BCUT2D eigenvalue weighted by molar-refractivity contribution is 0.0437. The van der Waals surface area contributed by atoms with Crippen LogP contribution in [0, 0.1) is 0 Å². The van der Waals surface area contributed by atoms with Gasteiger partial charge in [0.25, 0.3) is 5.91 Å². The molecule has 5 heteroatoms. The van der Waals surface area contributed by atoms with E-state index in [0.29, 0.717) is 25.2 Å². The largest absolute Gasteiger partial charge is 0.390 e. The van der Waals surface area contributed by atoms with E-state index < -0.39 is 5.60 Å². The van der Waals surface area contributed by atoms with Gasteiger partial charge in [-0.15, -0.1) is 11.3 Å². The van der Waals surface area contributed by atoms with Crippen LogP contribution >= 0.6 is 11.3 Å². The monoisotopic (exact) mass is 240 g/mol. The Kier molecular flexibility index (Phi) is 3.25. The van der Waals surface area contributed by atoms with Crippen LogP contribution in [0.2, 0.25) is 0 Å². The molecule has 1 saturated heterocycles. The Morgan fingerprint density at radius 3 is 3.06 bits per heavy atom. The number of amides is 1. The minimum absolute atomic E-state index is 0.0149. The van der Waals surface area contributed by atoms with Crippen molar-refractivity contribution in [3.63, 3.8) is 0 Å². The molecule has 1 aromatic heterocycles. The van der Waals surface area contributed by atoms with Crippen molar-refractivity contribution in [2.75, 3.05) is 13.1 Å². The second-order valence-corrected chi connectivity index (χ2v) is 5.24. The van der Waals surface area contributed by atoms with Crippen molar-refractivity contribution in [1.82, 2.24) is 9.88 Å². The molecule has 0 aliphatic carbocycles. The molecular weight excluding hydrogens is 224 g/mol. The number of rotatable bonds is 1. The van der Waals surface area contributed by atoms with Gasteiger partial charge in [0, 0.05) is 18.5 Å². The van der Waals surface area contributed by atoms with E-state index in [1.54, 1.807) is 15.8 Å². The molecule has 0 aromatic carbocycles. The Morgan fingerprint density at radius 2 is 2.38 bits per heavy atom. The van der Waals surface area contributed by atoms with Crippen LogP contribution in [-0.2, 0) is 0 Å². The van der Waals surface area contributed by atoms with Gasteiger partial charge in [0.2, 0.25) is 0 Å². The highest BCUT2D eigenvalue weighted by Crippen LogP contribution is 2.22. The molecule has 1 aliphatic heterocycles. The first-order chi connectivity index (χ1) is 7.58. The van der Waals surface area contributed by atoms with Crippen molar-refractivity contribution >= 4 is 17.2 Å². The van der Waals surface area contributed by atoms with Gasteiger partial charge in [-0.1, -0.05) is 0 Å². The number of hydrogen-bond donors (Lipinski definition) is 1. The lowest BCUT2D eigenvalue weighted by Crippen LogP contribution is -2.33. The molecule has 16 heavy (non-hydrogen) atoms. The quantitative estimate of drug-likeness (QED) is 0.809. The molecule has 0 radical (unpaired) electrons. The molecule has 2 heterocycles. The smallest absolute Gasteiger partial charge is 0.273 e. The van der Waals surface area contributed by atoms with Gasteiger partial charge in [0.05, 0.1) is 11.1 Å². The van der Waals surface area contributed by atoms with Crippen LogP contribution in [0.3, 0.4) is 0 Å². The van der Waals surface area contributed by atoms with E-state index in [0.717, 1.165) is 12.8 Å². The summed E-state index contributed by atoms with van der Waals surface area (Å²) in [6.45, 7) is 3.17. The van der Waals surface area contributed by atoms with E-state index >= 15 is 0 Å². The molecule has 0 spiro atoms. The zero-order valence-corrected chi connectivity index (χ0v) is 10.2. The molecule has 1 aromatic rings. The van der Waals surface area contributed by atoms with Crippen LogP contribution in [0.5, 0.6) is 0 Å². The summed E-state index contributed by atoms with van der Waals surface area (Å²) in [6.07, 6.45) is 2.25. The Balaban J connectivity index is 2.03. The summed E-state index contributed by atoms with van der Waals surface area (Å²) in [6, 6.07) is 0. The fraction of sp³-hybridized carbons (Fsp3) is 0.636. The molecule has 88 valence electrons. The minimum Gasteiger partial charge on any atom is -0.390 e. The molecule has 2 rings (SSSR count). The molecule has 0 saturated carbocycles. The highest BCUT2D eigenvalue weighted by molar-refractivity contribution is 7.07. The predicted molar refractivity (Wildman–Crippen MR) is 62.5 cm³/mol. The third-order valence-corrected chi connectivity index (χ3v) is 3.59. The summed E-state index contributed by atoms with van der Waals surface area (Å²) < 4.78 is 0. The van der Waals surface area contributed by atoms with E-state index in [9.17, 15) is 9.90 Å². The summed E-state index contributed by atoms with van der Waals surface area (Å²) in [5, 5.41) is 11.7. The van der Waals surface area contributed by atoms with Crippen molar-refractivity contribution in [3.8, 4) is 0 Å². The van der Waals surface area contributed by atoms with Crippen LogP contribution in [0.15, 0.2) is 10.9 Å². The zero-order valence-electron chi connectivity index (χ0n) is 9.35. The Labute approximate surface area is 98.9 Å². The normalized spacial score (nSPS) is 26.5. The van der Waals surface area contributed by atoms with Gasteiger partial charge >= 0.3 is 0 Å². The van der Waals surface area contributed by atoms with Crippen LogP contribution in [0.1, 0.15) is 36.7 Å². The molecule has 0 bridgehead atoms. The second-order valence-electron chi connectivity index (χ2n) is 4.52. The first-order valence-corrected chi connectivity index (χ1v) is 6.43. The summed E-state index contributed by atoms with van der Waals surface area (Å²) in [7, 11) is 0. The highest BCUT2D eigenvalue weighted by Gasteiger charge is 2.27. The number of carbonyl (C=O) groups is 1. The summed E-state index contributed by atoms with van der Waals surface area (Å²) in [4.78, 5) is 17.8. The van der Waals surface area contributed by atoms with Crippen LogP contribution < -0.4 is 0 Å². The Hall–Kier alpha value is -0.940. The first-order valence-electron chi connectivity index (χ1n) is 5.48. The number of likely N-dealkylation sites (tertiary alicyclic amines) is 1. The highest BCUT2D eigenvalue weighted by atomic mass is 32.1. The molecule has 1 aliphatic rings. The minimum atomic E-state index is -0.628. The Bertz CT molecular complexity index is 362. The maximum Gasteiger partial charge on any atom is 0.273 e. The lowest BCUT2D eigenvalue weighted by atomic mass is 9.98. The number of hydrogen-bond acceptors (Lipinski definition) is 4. The predicted octanol–water partition coefficient (Wildman–Crippen LogP) is 1.52. The number of aliphatic hydroxyl groups is 1. The maximum atomic E-state index is 12.0.